The summed E-state index contributed by atoms with van der Waals surface area (Å²) >= 11 is 10.3. The Balaban J connectivity index is 1.92. The van der Waals surface area contributed by atoms with Gasteiger partial charge < -0.3 is 9.47 Å². The number of hydrogen-bond acceptors (Lipinski definition) is 2. The van der Waals surface area contributed by atoms with E-state index in [4.69, 9.17) is 21.1 Å². The van der Waals surface area contributed by atoms with Crippen LogP contribution < -0.4 is 9.47 Å². The summed E-state index contributed by atoms with van der Waals surface area (Å²) in [4.78, 5) is 0. The van der Waals surface area contributed by atoms with E-state index in [1.165, 1.54) is 6.42 Å². The number of fused-ring (bicyclic) bond motifs is 1. The highest BCUT2D eigenvalue weighted by molar-refractivity contribution is 9.10. The van der Waals surface area contributed by atoms with Gasteiger partial charge in [0.2, 0.25) is 0 Å². The third-order valence-corrected chi connectivity index (χ3v) is 5.33. The van der Waals surface area contributed by atoms with Crippen molar-refractivity contribution < 1.29 is 9.47 Å². The molecule has 0 amide bonds. The van der Waals surface area contributed by atoms with Crippen LogP contribution >= 0.6 is 27.5 Å². The fourth-order valence-corrected chi connectivity index (χ4v) is 3.95. The van der Waals surface area contributed by atoms with Crippen LogP contribution in [0.25, 0.3) is 0 Å². The lowest BCUT2D eigenvalue weighted by atomic mass is 10.0. The lowest BCUT2D eigenvalue weighted by Crippen LogP contribution is -2.02. The molecule has 0 aromatic heterocycles. The lowest BCUT2D eigenvalue weighted by molar-refractivity contribution is 0.297. The van der Waals surface area contributed by atoms with E-state index in [-0.39, 0.29) is 5.38 Å². The first kappa shape index (κ1) is 13.6. The average molecular weight is 346 g/mol. The summed E-state index contributed by atoms with van der Waals surface area (Å²) in [5, 5.41) is 0.0292. The van der Waals surface area contributed by atoms with E-state index in [9.17, 15) is 0 Å². The molecule has 2 atom stereocenters. The molecule has 1 heterocycles. The summed E-state index contributed by atoms with van der Waals surface area (Å²) in [5.41, 5.74) is 1.47. The largest absolute Gasteiger partial charge is 0.490 e. The van der Waals surface area contributed by atoms with Crippen LogP contribution in [0.5, 0.6) is 11.5 Å². The van der Waals surface area contributed by atoms with Crippen LogP contribution in [-0.2, 0) is 0 Å². The highest BCUT2D eigenvalue weighted by Crippen LogP contribution is 2.61. The van der Waals surface area contributed by atoms with Crippen molar-refractivity contribution in [3.8, 4) is 11.5 Å². The number of rotatable bonds is 2. The Hall–Kier alpha value is -0.410. The van der Waals surface area contributed by atoms with Gasteiger partial charge in [-0.15, -0.1) is 11.6 Å². The molecule has 2 unspecified atom stereocenters. The van der Waals surface area contributed by atoms with E-state index in [1.807, 2.05) is 12.1 Å². The maximum atomic E-state index is 6.65. The van der Waals surface area contributed by atoms with E-state index < -0.39 is 0 Å². The molecule has 3 rings (SSSR count). The molecule has 0 bridgehead atoms. The van der Waals surface area contributed by atoms with Gasteiger partial charge in [0.25, 0.3) is 0 Å². The Morgan fingerprint density at radius 3 is 2.42 bits per heavy atom. The number of alkyl halides is 1. The van der Waals surface area contributed by atoms with Gasteiger partial charge in [0.1, 0.15) is 0 Å². The predicted octanol–water partition coefficient (Wildman–Crippen LogP) is 4.94. The summed E-state index contributed by atoms with van der Waals surface area (Å²) in [5.74, 6) is 2.17. The SMILES string of the molecule is CC1(C)CC1C(Cl)c1cc2c(cc1Br)OCCCO2. The van der Waals surface area contributed by atoms with E-state index in [1.54, 1.807) is 0 Å². The molecule has 0 spiro atoms. The molecule has 4 heteroatoms. The average Bonchev–Trinajstić information content (AvgIpc) is 3.04. The summed E-state index contributed by atoms with van der Waals surface area (Å²) < 4.78 is 12.4. The molecular weight excluding hydrogens is 328 g/mol. The molecule has 2 aliphatic rings. The van der Waals surface area contributed by atoms with Gasteiger partial charge in [-0.1, -0.05) is 29.8 Å². The van der Waals surface area contributed by atoms with Crippen molar-refractivity contribution in [2.75, 3.05) is 13.2 Å². The fourth-order valence-electron chi connectivity index (χ4n) is 2.64. The highest BCUT2D eigenvalue weighted by Gasteiger charge is 2.50. The smallest absolute Gasteiger partial charge is 0.162 e. The first-order valence-electron chi connectivity index (χ1n) is 6.72. The molecular formula is C15H18BrClO2. The van der Waals surface area contributed by atoms with Gasteiger partial charge in [0, 0.05) is 10.9 Å². The van der Waals surface area contributed by atoms with Crippen LogP contribution in [-0.4, -0.2) is 13.2 Å². The molecule has 1 aliphatic carbocycles. The minimum atomic E-state index is 0.0292. The predicted molar refractivity (Wildman–Crippen MR) is 80.2 cm³/mol. The Morgan fingerprint density at radius 1 is 1.26 bits per heavy atom. The molecule has 1 aliphatic heterocycles. The van der Waals surface area contributed by atoms with Crippen LogP contribution in [0.15, 0.2) is 16.6 Å². The Morgan fingerprint density at radius 2 is 1.84 bits per heavy atom. The van der Waals surface area contributed by atoms with Crippen molar-refractivity contribution in [1.82, 2.24) is 0 Å². The molecule has 1 saturated carbocycles. The quantitative estimate of drug-likeness (QED) is 0.707. The lowest BCUT2D eigenvalue weighted by Gasteiger charge is -2.16. The van der Waals surface area contributed by atoms with Crippen LogP contribution in [0.2, 0.25) is 0 Å². The zero-order valence-corrected chi connectivity index (χ0v) is 13.6. The summed E-state index contributed by atoms with van der Waals surface area (Å²) in [6.45, 7) is 5.95. The third-order valence-electron chi connectivity index (χ3n) is 4.11. The molecule has 0 N–H and O–H groups in total. The topological polar surface area (TPSA) is 18.5 Å². The Kier molecular flexibility index (Phi) is 3.46. The summed E-state index contributed by atoms with van der Waals surface area (Å²) in [6.07, 6.45) is 2.10. The van der Waals surface area contributed by atoms with E-state index in [0.717, 1.165) is 28.0 Å². The fraction of sp³-hybridized carbons (Fsp3) is 0.600. The zero-order chi connectivity index (χ0) is 13.6. The highest BCUT2D eigenvalue weighted by atomic mass is 79.9. The Bertz CT molecular complexity index is 501. The van der Waals surface area contributed by atoms with Gasteiger partial charge in [-0.05, 0) is 35.4 Å². The van der Waals surface area contributed by atoms with Crippen LogP contribution in [0.3, 0.4) is 0 Å². The maximum absolute atomic E-state index is 6.65. The van der Waals surface area contributed by atoms with Crippen LogP contribution in [0.4, 0.5) is 0 Å². The van der Waals surface area contributed by atoms with Crippen LogP contribution in [0, 0.1) is 11.3 Å². The van der Waals surface area contributed by atoms with Gasteiger partial charge in [-0.2, -0.15) is 0 Å². The second kappa shape index (κ2) is 4.85. The monoisotopic (exact) mass is 344 g/mol. The van der Waals surface area contributed by atoms with E-state index >= 15 is 0 Å². The van der Waals surface area contributed by atoms with Crippen molar-refractivity contribution in [2.24, 2.45) is 11.3 Å². The van der Waals surface area contributed by atoms with Crippen molar-refractivity contribution in [3.63, 3.8) is 0 Å². The van der Waals surface area contributed by atoms with E-state index in [2.05, 4.69) is 29.8 Å². The van der Waals surface area contributed by atoms with Gasteiger partial charge in [-0.3, -0.25) is 0 Å². The maximum Gasteiger partial charge on any atom is 0.162 e. The molecule has 2 nitrogen and oxygen atoms in total. The van der Waals surface area contributed by atoms with Crippen molar-refractivity contribution in [1.29, 1.82) is 0 Å². The van der Waals surface area contributed by atoms with Gasteiger partial charge in [0.15, 0.2) is 11.5 Å². The molecule has 104 valence electrons. The number of halogens is 2. The van der Waals surface area contributed by atoms with Crippen LogP contribution in [0.1, 0.15) is 37.6 Å². The second-order valence-electron chi connectivity index (χ2n) is 6.07. The molecule has 0 radical (unpaired) electrons. The molecule has 0 saturated heterocycles. The normalized spacial score (nSPS) is 25.6. The first-order chi connectivity index (χ1) is 8.99. The second-order valence-corrected chi connectivity index (χ2v) is 7.40. The van der Waals surface area contributed by atoms with Crippen molar-refractivity contribution in [3.05, 3.63) is 22.2 Å². The summed E-state index contributed by atoms with van der Waals surface area (Å²) in [6, 6.07) is 4.03. The number of ether oxygens (including phenoxy) is 2. The van der Waals surface area contributed by atoms with Gasteiger partial charge >= 0.3 is 0 Å². The standard InChI is InChI=1S/C15H18BrClO2/c1-15(2)8-10(15)14(17)9-6-12-13(7-11(9)16)19-5-3-4-18-12/h6-7,10,14H,3-5,8H2,1-2H3. The van der Waals surface area contributed by atoms with Gasteiger partial charge in [-0.25, -0.2) is 0 Å². The van der Waals surface area contributed by atoms with E-state index in [0.29, 0.717) is 24.5 Å². The molecule has 19 heavy (non-hydrogen) atoms. The number of hydrogen-bond donors (Lipinski definition) is 0. The molecule has 1 aromatic carbocycles. The zero-order valence-electron chi connectivity index (χ0n) is 11.2. The molecule has 1 aromatic rings. The summed E-state index contributed by atoms with van der Waals surface area (Å²) in [7, 11) is 0. The molecule has 1 fully saturated rings. The third kappa shape index (κ3) is 2.59. The van der Waals surface area contributed by atoms with Crippen molar-refractivity contribution >= 4 is 27.5 Å². The minimum absolute atomic E-state index is 0.0292. The van der Waals surface area contributed by atoms with Crippen molar-refractivity contribution in [2.45, 2.75) is 32.1 Å². The van der Waals surface area contributed by atoms with Gasteiger partial charge in [0.05, 0.1) is 18.6 Å². The number of benzene rings is 1. The minimum Gasteiger partial charge on any atom is -0.490 e. The first-order valence-corrected chi connectivity index (χ1v) is 7.95. The Labute approximate surface area is 127 Å².